The first-order valence-electron chi connectivity index (χ1n) is 32.9. The van der Waals surface area contributed by atoms with E-state index in [1.54, 1.807) is 88.4 Å². The van der Waals surface area contributed by atoms with Crippen molar-refractivity contribution in [2.24, 2.45) is 40.9 Å². The van der Waals surface area contributed by atoms with Crippen LogP contribution < -0.4 is 65.1 Å². The number of unbranched alkanes of at least 4 members (excludes halogenated alkanes) is 1. The Hall–Kier alpha value is -7.51. The standard InChI is InChI=1S/C66H104N14O11/c1-39(2)35-48-59(84)75-50(37-43-21-11-9-12-22-43)65(90)79-33-19-28-52(79)61(86)70-45(25-15-16-30-67)58(83)77-54(41(5)6)63(88)71-46(26-17-31-68)56(81)73-49(36-40(3)4)60(85)76-51(38-44-23-13-10-14-24-44)66(91)80-34-20-29-53(80)62(87)78-55(42(7)8)64(89)72-47(27-18-32-69)57(82)74-48/h9-14,21-24,39-42,45-55H,15-20,25-38,67-69H2,1-8H3,(H,70,86)(H,71,88)(H,72,89)(H,73,81)(H,74,82)(H,75,84)(H,76,85)(H,77,83)(H,78,87)/t45-,46-,47-,48-,49-,50+,51+,52-,53-,54-,55-/m0/s1. The molecular formula is C66H104N14O11. The van der Waals surface area contributed by atoms with Gasteiger partial charge >= 0.3 is 0 Å². The number of nitrogens with one attached hydrogen (secondary N) is 9. The van der Waals surface area contributed by atoms with E-state index in [4.69, 9.17) is 17.2 Å². The molecule has 0 aromatic heterocycles. The van der Waals surface area contributed by atoms with Crippen molar-refractivity contribution < 1.29 is 52.7 Å². The number of carbonyl (C=O) groups is 11. The first-order chi connectivity index (χ1) is 43.4. The van der Waals surface area contributed by atoms with Gasteiger partial charge in [-0.15, -0.1) is 0 Å². The summed E-state index contributed by atoms with van der Waals surface area (Å²) < 4.78 is 0. The largest absolute Gasteiger partial charge is 0.343 e. The van der Waals surface area contributed by atoms with E-state index in [1.165, 1.54) is 9.80 Å². The van der Waals surface area contributed by atoms with Crippen molar-refractivity contribution >= 4 is 65.0 Å². The normalized spacial score (nSPS) is 26.3. The molecule has 25 nitrogen and oxygen atoms in total. The zero-order valence-corrected chi connectivity index (χ0v) is 54.7. The Balaban J connectivity index is 1.60. The van der Waals surface area contributed by atoms with E-state index in [9.17, 15) is 43.2 Å². The maximum atomic E-state index is 15.0. The van der Waals surface area contributed by atoms with E-state index >= 15 is 9.59 Å². The van der Waals surface area contributed by atoms with Gasteiger partial charge in [0.05, 0.1) is 0 Å². The minimum atomic E-state index is -1.26. The van der Waals surface area contributed by atoms with Crippen molar-refractivity contribution in [1.82, 2.24) is 57.7 Å². The summed E-state index contributed by atoms with van der Waals surface area (Å²) in [6.07, 6.45) is 3.16. The summed E-state index contributed by atoms with van der Waals surface area (Å²) in [7, 11) is 0. The molecule has 0 unspecified atom stereocenters. The van der Waals surface area contributed by atoms with Crippen molar-refractivity contribution in [2.75, 3.05) is 32.7 Å². The minimum Gasteiger partial charge on any atom is -0.343 e. The third-order valence-electron chi connectivity index (χ3n) is 16.9. The predicted molar refractivity (Wildman–Crippen MR) is 345 cm³/mol. The highest BCUT2D eigenvalue weighted by atomic mass is 16.2. The van der Waals surface area contributed by atoms with Gasteiger partial charge in [-0.05, 0) is 138 Å². The van der Waals surface area contributed by atoms with Gasteiger partial charge in [0.1, 0.15) is 66.5 Å². The van der Waals surface area contributed by atoms with Gasteiger partial charge < -0.3 is 74.9 Å². The molecule has 11 atom stereocenters. The van der Waals surface area contributed by atoms with Crippen molar-refractivity contribution in [2.45, 2.75) is 218 Å². The molecule has 91 heavy (non-hydrogen) atoms. The molecule has 11 amide bonds. The van der Waals surface area contributed by atoms with Crippen molar-refractivity contribution in [1.29, 1.82) is 0 Å². The molecule has 2 aromatic rings. The lowest BCUT2D eigenvalue weighted by Crippen LogP contribution is -2.61. The Morgan fingerprint density at radius 3 is 1.04 bits per heavy atom. The van der Waals surface area contributed by atoms with Crippen LogP contribution in [0.2, 0.25) is 0 Å². The maximum absolute atomic E-state index is 15.0. The van der Waals surface area contributed by atoms with E-state index in [2.05, 4.69) is 47.9 Å². The van der Waals surface area contributed by atoms with Gasteiger partial charge in [-0.25, -0.2) is 0 Å². The predicted octanol–water partition coefficient (Wildman–Crippen LogP) is 0.842. The second-order valence-corrected chi connectivity index (χ2v) is 26.1. The lowest BCUT2D eigenvalue weighted by Gasteiger charge is -2.32. The van der Waals surface area contributed by atoms with E-state index in [0.717, 1.165) is 0 Å². The molecule has 5 rings (SSSR count). The van der Waals surface area contributed by atoms with Gasteiger partial charge in [0.15, 0.2) is 0 Å². The zero-order valence-electron chi connectivity index (χ0n) is 54.7. The number of fused-ring (bicyclic) bond motifs is 2. The number of hydrogen-bond donors (Lipinski definition) is 12. The van der Waals surface area contributed by atoms with Gasteiger partial charge in [-0.3, -0.25) is 52.7 Å². The number of nitrogens with two attached hydrogens (primary N) is 3. The smallest absolute Gasteiger partial charge is 0.246 e. The van der Waals surface area contributed by atoms with Crippen LogP contribution in [0.1, 0.15) is 150 Å². The van der Waals surface area contributed by atoms with Gasteiger partial charge in [0, 0.05) is 25.9 Å². The summed E-state index contributed by atoms with van der Waals surface area (Å²) in [4.78, 5) is 164. The molecule has 2 aromatic carbocycles. The molecule has 0 bridgehead atoms. The molecule has 15 N–H and O–H groups in total. The van der Waals surface area contributed by atoms with Gasteiger partial charge in [-0.2, -0.15) is 0 Å². The summed E-state index contributed by atoms with van der Waals surface area (Å²) >= 11 is 0. The summed E-state index contributed by atoms with van der Waals surface area (Å²) in [5, 5.41) is 25.7. The molecular weight excluding hydrogens is 1160 g/mol. The summed E-state index contributed by atoms with van der Waals surface area (Å²) in [5.74, 6) is -8.85. The molecule has 25 heteroatoms. The highest BCUT2D eigenvalue weighted by Gasteiger charge is 2.43. The Labute approximate surface area is 536 Å². The Bertz CT molecular complexity index is 2750. The van der Waals surface area contributed by atoms with Crippen LogP contribution in [-0.2, 0) is 65.6 Å². The quantitative estimate of drug-likeness (QED) is 0.0818. The zero-order chi connectivity index (χ0) is 66.9. The average molecular weight is 1270 g/mol. The molecule has 0 radical (unpaired) electrons. The van der Waals surface area contributed by atoms with E-state index in [-0.39, 0.29) is 109 Å². The van der Waals surface area contributed by atoms with Crippen LogP contribution in [0.15, 0.2) is 60.7 Å². The SMILES string of the molecule is CC(C)C[C@@H]1NC(=O)[C@H](CCCN)NC(=O)[C@H](C(C)C)NC(=O)[C@@H]2CCCN2C(=O)[C@@H](Cc2ccccc2)NC(=O)[C@H](CC(C)C)NC(=O)[C@H](CCCN)NC(=O)[C@H](C(C)C)NC(=O)[C@H](CCCCN)NC(=O)[C@@H]2CCCN2C(=O)[C@@H](Cc2ccccc2)NC1=O. The van der Waals surface area contributed by atoms with E-state index in [1.807, 2.05) is 27.7 Å². The summed E-state index contributed by atoms with van der Waals surface area (Å²) in [6, 6.07) is 4.64. The van der Waals surface area contributed by atoms with Crippen LogP contribution in [0, 0.1) is 23.7 Å². The van der Waals surface area contributed by atoms with Crippen LogP contribution in [0.4, 0.5) is 0 Å². The Kier molecular flexibility index (Phi) is 30.3. The Morgan fingerprint density at radius 2 is 0.681 bits per heavy atom. The highest BCUT2D eigenvalue weighted by Crippen LogP contribution is 2.24. The van der Waals surface area contributed by atoms with Gasteiger partial charge in [-0.1, -0.05) is 116 Å². The number of nitrogens with zero attached hydrogens (tertiary/aromatic N) is 2. The van der Waals surface area contributed by atoms with Crippen LogP contribution in [0.5, 0.6) is 0 Å². The number of benzene rings is 2. The maximum Gasteiger partial charge on any atom is 0.246 e. The van der Waals surface area contributed by atoms with Crippen molar-refractivity contribution in [3.05, 3.63) is 71.8 Å². The van der Waals surface area contributed by atoms with Crippen LogP contribution in [0.25, 0.3) is 0 Å². The topological polar surface area (TPSA) is 381 Å². The average Bonchev–Trinajstić information content (AvgIpc) is 1.97. The first-order valence-corrected chi connectivity index (χ1v) is 32.9. The molecule has 504 valence electrons. The highest BCUT2D eigenvalue weighted by molar-refractivity contribution is 6.00. The monoisotopic (exact) mass is 1270 g/mol. The fourth-order valence-electron chi connectivity index (χ4n) is 11.9. The van der Waals surface area contributed by atoms with E-state index in [0.29, 0.717) is 43.4 Å². The molecule has 3 aliphatic rings. The minimum absolute atomic E-state index is 0.00201. The van der Waals surface area contributed by atoms with Crippen LogP contribution in [-0.4, -0.2) is 174 Å². The summed E-state index contributed by atoms with van der Waals surface area (Å²) in [5.41, 5.74) is 19.2. The van der Waals surface area contributed by atoms with Crippen molar-refractivity contribution in [3.8, 4) is 0 Å². The molecule has 0 aliphatic carbocycles. The van der Waals surface area contributed by atoms with E-state index < -0.39 is 143 Å². The van der Waals surface area contributed by atoms with Crippen LogP contribution >= 0.6 is 0 Å². The lowest BCUT2D eigenvalue weighted by molar-refractivity contribution is -0.143. The molecule has 3 heterocycles. The lowest BCUT2D eigenvalue weighted by atomic mass is 9.99. The number of carbonyl (C=O) groups excluding carboxylic acids is 11. The Morgan fingerprint density at radius 1 is 0.374 bits per heavy atom. The summed E-state index contributed by atoms with van der Waals surface area (Å²) in [6.45, 7) is 15.1. The van der Waals surface area contributed by atoms with Crippen LogP contribution in [0.3, 0.4) is 0 Å². The third-order valence-corrected chi connectivity index (χ3v) is 16.9. The number of rotatable bonds is 20. The second-order valence-electron chi connectivity index (χ2n) is 26.1. The molecule has 0 spiro atoms. The first kappa shape index (κ1) is 74.2. The molecule has 3 saturated heterocycles. The molecule has 3 fully saturated rings. The fourth-order valence-corrected chi connectivity index (χ4v) is 11.9. The third kappa shape index (κ3) is 22.7. The van der Waals surface area contributed by atoms with Gasteiger partial charge in [0.2, 0.25) is 65.0 Å². The molecule has 0 saturated carbocycles. The van der Waals surface area contributed by atoms with Gasteiger partial charge in [0.25, 0.3) is 0 Å². The number of hydrogen-bond acceptors (Lipinski definition) is 14. The molecule has 3 aliphatic heterocycles. The van der Waals surface area contributed by atoms with Crippen molar-refractivity contribution in [3.63, 3.8) is 0 Å². The number of amides is 11. The second kappa shape index (κ2) is 37.1. The fraction of sp³-hybridized carbons (Fsp3) is 0.652.